The van der Waals surface area contributed by atoms with Crippen LogP contribution in [0.4, 0.5) is 5.69 Å². The summed E-state index contributed by atoms with van der Waals surface area (Å²) in [5.74, 6) is 0.0389. The molecule has 5 rings (SSSR count). The summed E-state index contributed by atoms with van der Waals surface area (Å²) >= 11 is 5.69. The Kier molecular flexibility index (Phi) is 7.19. The molecule has 1 aliphatic heterocycles. The van der Waals surface area contributed by atoms with Crippen LogP contribution in [0.1, 0.15) is 45.9 Å². The van der Waals surface area contributed by atoms with Crippen LogP contribution in [0, 0.1) is 6.92 Å². The number of furan rings is 1. The van der Waals surface area contributed by atoms with Crippen LogP contribution < -0.4 is 10.6 Å². The van der Waals surface area contributed by atoms with E-state index in [2.05, 4.69) is 15.6 Å². The van der Waals surface area contributed by atoms with Crippen molar-refractivity contribution in [3.8, 4) is 11.3 Å². The zero-order valence-electron chi connectivity index (χ0n) is 20.6. The Hall–Kier alpha value is -4.50. The van der Waals surface area contributed by atoms with Crippen LogP contribution >= 0.6 is 12.2 Å². The maximum absolute atomic E-state index is 12.7. The molecule has 0 spiro atoms. The Bertz CT molecular complexity index is 1470. The molecule has 1 aliphatic rings. The number of hydrogen-bond donors (Lipinski definition) is 3. The summed E-state index contributed by atoms with van der Waals surface area (Å²) < 4.78 is 6.27. The molecule has 8 nitrogen and oxygen atoms in total. The minimum absolute atomic E-state index is 0.123. The van der Waals surface area contributed by atoms with Gasteiger partial charge in [0.2, 0.25) is 5.91 Å². The third kappa shape index (κ3) is 5.42. The van der Waals surface area contributed by atoms with E-state index >= 15 is 0 Å². The highest BCUT2D eigenvalue weighted by molar-refractivity contribution is 7.80. The lowest BCUT2D eigenvalue weighted by atomic mass is 10.0. The topological polar surface area (TPSA) is 108 Å². The number of anilines is 1. The van der Waals surface area contributed by atoms with Gasteiger partial charge in [0, 0.05) is 30.4 Å². The number of pyridine rings is 1. The third-order valence-corrected chi connectivity index (χ3v) is 6.78. The molecule has 1 fully saturated rings. The predicted molar refractivity (Wildman–Crippen MR) is 148 cm³/mol. The molecule has 3 heterocycles. The fraction of sp³-hybridized carbons (Fsp3) is 0.172. The highest BCUT2D eigenvalue weighted by Gasteiger charge is 2.41. The van der Waals surface area contributed by atoms with Gasteiger partial charge in [-0.15, -0.1) is 0 Å². The van der Waals surface area contributed by atoms with E-state index in [1.165, 1.54) is 6.07 Å². The first-order valence-corrected chi connectivity index (χ1v) is 12.6. The number of carbonyl (C=O) groups excluding carboxylic acids is 1. The molecule has 2 atom stereocenters. The van der Waals surface area contributed by atoms with Crippen LogP contribution in [0.5, 0.6) is 0 Å². The van der Waals surface area contributed by atoms with Crippen LogP contribution in [0.15, 0.2) is 89.5 Å². The van der Waals surface area contributed by atoms with Gasteiger partial charge in [0.05, 0.1) is 17.3 Å². The molecule has 9 heteroatoms. The number of carboxylic acid groups (broad SMARTS) is 1. The minimum atomic E-state index is -1.01. The Morgan fingerprint density at radius 2 is 1.89 bits per heavy atom. The largest absolute Gasteiger partial charge is 0.478 e. The average molecular weight is 527 g/mol. The number of amides is 1. The van der Waals surface area contributed by atoms with E-state index in [4.69, 9.17) is 16.6 Å². The van der Waals surface area contributed by atoms with E-state index in [9.17, 15) is 14.7 Å². The number of benzene rings is 2. The second-order valence-electron chi connectivity index (χ2n) is 9.07. The quantitative estimate of drug-likeness (QED) is 0.264. The van der Waals surface area contributed by atoms with Crippen molar-refractivity contribution in [3.05, 3.63) is 108 Å². The lowest BCUT2D eigenvalue weighted by molar-refractivity contribution is -0.116. The fourth-order valence-electron chi connectivity index (χ4n) is 4.51. The Morgan fingerprint density at radius 1 is 1.08 bits per heavy atom. The molecule has 0 aliphatic carbocycles. The summed E-state index contributed by atoms with van der Waals surface area (Å²) in [7, 11) is 0. The molecule has 4 aromatic rings. The second kappa shape index (κ2) is 10.9. The van der Waals surface area contributed by atoms with Gasteiger partial charge in [0.15, 0.2) is 5.11 Å². The Balaban J connectivity index is 1.40. The smallest absolute Gasteiger partial charge is 0.335 e. The summed E-state index contributed by atoms with van der Waals surface area (Å²) in [5, 5.41) is 16.1. The van der Waals surface area contributed by atoms with Crippen LogP contribution in [-0.2, 0) is 4.79 Å². The summed E-state index contributed by atoms with van der Waals surface area (Å²) in [5.41, 5.74) is 3.48. The number of aromatic nitrogens is 1. The number of carboxylic acids is 1. The van der Waals surface area contributed by atoms with Crippen molar-refractivity contribution in [1.82, 2.24) is 15.2 Å². The van der Waals surface area contributed by atoms with E-state index in [-0.39, 0.29) is 30.0 Å². The molecule has 0 radical (unpaired) electrons. The molecule has 38 heavy (non-hydrogen) atoms. The predicted octanol–water partition coefficient (Wildman–Crippen LogP) is 5.35. The van der Waals surface area contributed by atoms with Crippen LogP contribution in [0.3, 0.4) is 0 Å². The number of nitrogens with one attached hydrogen (secondary N) is 2. The first-order valence-electron chi connectivity index (χ1n) is 12.2. The number of carbonyl (C=O) groups is 2. The van der Waals surface area contributed by atoms with E-state index in [0.717, 1.165) is 16.9 Å². The van der Waals surface area contributed by atoms with Gasteiger partial charge in [-0.2, -0.15) is 0 Å². The van der Waals surface area contributed by atoms with Crippen molar-refractivity contribution >= 4 is 34.9 Å². The minimum Gasteiger partial charge on any atom is -0.478 e. The summed E-state index contributed by atoms with van der Waals surface area (Å²) in [6.07, 6.45) is 1.94. The van der Waals surface area contributed by atoms with E-state index < -0.39 is 5.97 Å². The molecule has 0 bridgehead atoms. The first-order chi connectivity index (χ1) is 18.4. The number of nitrogens with zero attached hydrogens (tertiary/aromatic N) is 2. The normalized spacial score (nSPS) is 16.8. The van der Waals surface area contributed by atoms with Crippen molar-refractivity contribution in [2.75, 3.05) is 11.9 Å². The molecular weight excluding hydrogens is 500 g/mol. The van der Waals surface area contributed by atoms with Crippen LogP contribution in [0.2, 0.25) is 0 Å². The standard InChI is InChI=1S/C29H26N4O4S/c1-18-8-10-21(11-9-18)31-25(34)14-16-33-27(26(32-29(33)38)22-7-2-3-15-30-22)24-13-12-23(37-24)19-5-4-6-20(17-19)28(35)36/h2-13,15,17,26-27H,14,16H2,1H3,(H,31,34)(H,32,38)(H,35,36)/t26-,27-/m1/s1. The van der Waals surface area contributed by atoms with Crippen LogP contribution in [-0.4, -0.2) is 38.5 Å². The van der Waals surface area contributed by atoms with Gasteiger partial charge in [-0.3, -0.25) is 9.78 Å². The van der Waals surface area contributed by atoms with Gasteiger partial charge >= 0.3 is 5.97 Å². The lowest BCUT2D eigenvalue weighted by Crippen LogP contribution is -2.32. The average Bonchev–Trinajstić information content (AvgIpc) is 3.54. The SMILES string of the molecule is Cc1ccc(NC(=O)CCN2C(=S)N[C@H](c3ccccn3)[C@H]2c2ccc(-c3cccc(C(=O)O)c3)o2)cc1. The van der Waals surface area contributed by atoms with Gasteiger partial charge in [0.1, 0.15) is 17.6 Å². The number of thiocarbonyl (C=S) groups is 1. The molecule has 0 saturated carbocycles. The van der Waals surface area contributed by atoms with Gasteiger partial charge in [0.25, 0.3) is 0 Å². The molecule has 0 unspecified atom stereocenters. The molecule has 2 aromatic heterocycles. The number of hydrogen-bond acceptors (Lipinski definition) is 5. The maximum atomic E-state index is 12.7. The molecule has 1 amide bonds. The van der Waals surface area contributed by atoms with E-state index in [0.29, 0.717) is 28.7 Å². The molecule has 2 aromatic carbocycles. The monoisotopic (exact) mass is 526 g/mol. The maximum Gasteiger partial charge on any atom is 0.335 e. The van der Waals surface area contributed by atoms with Gasteiger partial charge in [-0.05, 0) is 67.7 Å². The van der Waals surface area contributed by atoms with E-state index in [1.54, 1.807) is 24.4 Å². The highest BCUT2D eigenvalue weighted by Crippen LogP contribution is 2.40. The first kappa shape index (κ1) is 25.2. The van der Waals surface area contributed by atoms with Crippen molar-refractivity contribution in [2.24, 2.45) is 0 Å². The number of aromatic carboxylic acids is 1. The summed E-state index contributed by atoms with van der Waals surface area (Å²) in [6, 6.07) is 22.9. The van der Waals surface area contributed by atoms with Crippen molar-refractivity contribution in [2.45, 2.75) is 25.4 Å². The second-order valence-corrected chi connectivity index (χ2v) is 9.46. The van der Waals surface area contributed by atoms with E-state index in [1.807, 2.05) is 66.4 Å². The Labute approximate surface area is 225 Å². The highest BCUT2D eigenvalue weighted by atomic mass is 32.1. The fourth-order valence-corrected chi connectivity index (χ4v) is 4.84. The van der Waals surface area contributed by atoms with Crippen LogP contribution in [0.25, 0.3) is 11.3 Å². The molecular formula is C29H26N4O4S. The summed E-state index contributed by atoms with van der Waals surface area (Å²) in [4.78, 5) is 30.7. The molecule has 3 N–H and O–H groups in total. The molecule has 1 saturated heterocycles. The van der Waals surface area contributed by atoms with Gasteiger partial charge < -0.3 is 25.1 Å². The van der Waals surface area contributed by atoms with Gasteiger partial charge in [-0.1, -0.05) is 35.9 Å². The van der Waals surface area contributed by atoms with Crippen molar-refractivity contribution < 1.29 is 19.1 Å². The zero-order chi connectivity index (χ0) is 26.6. The molecule has 192 valence electrons. The zero-order valence-corrected chi connectivity index (χ0v) is 21.4. The summed E-state index contributed by atoms with van der Waals surface area (Å²) in [6.45, 7) is 2.36. The lowest BCUT2D eigenvalue weighted by Gasteiger charge is -2.25. The number of rotatable bonds is 8. The third-order valence-electron chi connectivity index (χ3n) is 6.43. The van der Waals surface area contributed by atoms with Gasteiger partial charge in [-0.25, -0.2) is 4.79 Å². The Morgan fingerprint density at radius 3 is 2.63 bits per heavy atom. The number of aryl methyl sites for hydroxylation is 1. The van der Waals surface area contributed by atoms with Crippen molar-refractivity contribution in [1.29, 1.82) is 0 Å². The van der Waals surface area contributed by atoms with Crippen molar-refractivity contribution in [3.63, 3.8) is 0 Å².